The molecule has 0 radical (unpaired) electrons. The van der Waals surface area contributed by atoms with Crippen LogP contribution in [-0.4, -0.2) is 22.5 Å². The van der Waals surface area contributed by atoms with E-state index in [1.807, 2.05) is 0 Å². The van der Waals surface area contributed by atoms with Crippen LogP contribution in [0.5, 0.6) is 5.75 Å². The summed E-state index contributed by atoms with van der Waals surface area (Å²) in [7, 11) is 0. The number of aromatic hydroxyl groups is 1. The zero-order valence-corrected chi connectivity index (χ0v) is 8.43. The van der Waals surface area contributed by atoms with Gasteiger partial charge in [-0.3, -0.25) is 4.79 Å². The highest BCUT2D eigenvalue weighted by Crippen LogP contribution is 2.17. The Morgan fingerprint density at radius 1 is 1.44 bits per heavy atom. The molecule has 0 bridgehead atoms. The van der Waals surface area contributed by atoms with Crippen molar-refractivity contribution in [2.75, 3.05) is 0 Å². The molecule has 0 unspecified atom stereocenters. The van der Waals surface area contributed by atoms with E-state index in [0.29, 0.717) is 17.4 Å². The Morgan fingerprint density at radius 3 is 2.81 bits per heavy atom. The maximum absolute atomic E-state index is 10.5. The molecule has 0 aliphatic carbocycles. The molecule has 82 valence electrons. The van der Waals surface area contributed by atoms with E-state index >= 15 is 0 Å². The third kappa shape index (κ3) is 3.46. The molecule has 0 atom stereocenters. The summed E-state index contributed by atoms with van der Waals surface area (Å²) in [6.45, 7) is 0. The molecule has 0 heterocycles. The average molecular weight is 218 g/mol. The normalized spacial score (nSPS) is 9.00. The fourth-order valence-electron chi connectivity index (χ4n) is 1.16. The molecule has 0 amide bonds. The van der Waals surface area contributed by atoms with E-state index in [0.717, 1.165) is 0 Å². The van der Waals surface area contributed by atoms with E-state index in [4.69, 9.17) is 5.11 Å². The number of carbonyl (C=O) groups excluding carboxylic acids is 1. The van der Waals surface area contributed by atoms with E-state index in [1.54, 1.807) is 0 Å². The van der Waals surface area contributed by atoms with Gasteiger partial charge in [0.2, 0.25) is 0 Å². The van der Waals surface area contributed by atoms with E-state index in [2.05, 4.69) is 11.8 Å². The smallest absolute Gasteiger partial charge is 0.307 e. The number of carboxylic acids is 1. The van der Waals surface area contributed by atoms with Gasteiger partial charge in [0.25, 0.3) is 0 Å². The first-order chi connectivity index (χ1) is 7.63. The number of hydrogen-bond donors (Lipinski definition) is 2. The number of phenolic OH excluding ortho intramolecular Hbond substituents is 1. The molecule has 1 aromatic rings. The maximum Gasteiger partial charge on any atom is 0.307 e. The Bertz CT molecular complexity index is 466. The standard InChI is InChI=1S/C12H10O4/c13-6-2-1-3-10-7-9(8-12(15)16)4-5-11(10)14/h4-7,14H,2,8H2,(H,15,16). The van der Waals surface area contributed by atoms with Crippen molar-refractivity contribution < 1.29 is 19.8 Å². The summed E-state index contributed by atoms with van der Waals surface area (Å²) in [5.41, 5.74) is 0.890. The fraction of sp³-hybridized carbons (Fsp3) is 0.167. The number of rotatable bonds is 3. The van der Waals surface area contributed by atoms with Crippen LogP contribution in [0.25, 0.3) is 0 Å². The van der Waals surface area contributed by atoms with E-state index in [1.165, 1.54) is 18.2 Å². The highest BCUT2D eigenvalue weighted by molar-refractivity contribution is 5.70. The first-order valence-electron chi connectivity index (χ1n) is 4.59. The van der Waals surface area contributed by atoms with E-state index < -0.39 is 5.97 Å². The third-order valence-corrected chi connectivity index (χ3v) is 1.82. The van der Waals surface area contributed by atoms with E-state index in [-0.39, 0.29) is 18.6 Å². The predicted octanol–water partition coefficient (Wildman–Crippen LogP) is 0.960. The van der Waals surface area contributed by atoms with Gasteiger partial charge in [0, 0.05) is 0 Å². The quantitative estimate of drug-likeness (QED) is 0.585. The van der Waals surface area contributed by atoms with Crippen LogP contribution in [-0.2, 0) is 16.0 Å². The van der Waals surface area contributed by atoms with Gasteiger partial charge in [-0.25, -0.2) is 0 Å². The SMILES string of the molecule is O=CCC#Cc1cc(CC(=O)O)ccc1O. The molecule has 0 saturated carbocycles. The van der Waals surface area contributed by atoms with Gasteiger partial charge < -0.3 is 15.0 Å². The summed E-state index contributed by atoms with van der Waals surface area (Å²) in [5.74, 6) is 4.18. The third-order valence-electron chi connectivity index (χ3n) is 1.82. The first-order valence-corrected chi connectivity index (χ1v) is 4.59. The van der Waals surface area contributed by atoms with Crippen LogP contribution < -0.4 is 0 Å². The lowest BCUT2D eigenvalue weighted by atomic mass is 10.1. The lowest BCUT2D eigenvalue weighted by molar-refractivity contribution is -0.136. The number of hydrogen-bond acceptors (Lipinski definition) is 3. The number of aldehydes is 1. The largest absolute Gasteiger partial charge is 0.507 e. The number of phenols is 1. The minimum atomic E-state index is -0.947. The molecular formula is C12H10O4. The molecule has 0 saturated heterocycles. The van der Waals surface area contributed by atoms with Crippen LogP contribution >= 0.6 is 0 Å². The van der Waals surface area contributed by atoms with Crippen LogP contribution in [0.15, 0.2) is 18.2 Å². The molecule has 0 spiro atoms. The van der Waals surface area contributed by atoms with Crippen LogP contribution in [0.3, 0.4) is 0 Å². The molecule has 0 fully saturated rings. The lowest BCUT2D eigenvalue weighted by Gasteiger charge is -2.00. The van der Waals surface area contributed by atoms with Gasteiger partial charge >= 0.3 is 5.97 Å². The first kappa shape index (κ1) is 11.8. The van der Waals surface area contributed by atoms with E-state index in [9.17, 15) is 14.7 Å². The van der Waals surface area contributed by atoms with Gasteiger partial charge in [-0.1, -0.05) is 17.9 Å². The van der Waals surface area contributed by atoms with Crippen molar-refractivity contribution >= 4 is 12.3 Å². The van der Waals surface area contributed by atoms with Crippen molar-refractivity contribution in [1.82, 2.24) is 0 Å². The second kappa shape index (κ2) is 5.56. The number of benzene rings is 1. The molecule has 16 heavy (non-hydrogen) atoms. The fourth-order valence-corrected chi connectivity index (χ4v) is 1.16. The van der Waals surface area contributed by atoms with Gasteiger partial charge in [-0.2, -0.15) is 0 Å². The van der Waals surface area contributed by atoms with Gasteiger partial charge in [0.1, 0.15) is 12.0 Å². The van der Waals surface area contributed by atoms with Crippen molar-refractivity contribution in [1.29, 1.82) is 0 Å². The lowest BCUT2D eigenvalue weighted by Crippen LogP contribution is -2.00. The zero-order valence-electron chi connectivity index (χ0n) is 8.43. The Kier molecular flexibility index (Phi) is 4.10. The highest BCUT2D eigenvalue weighted by Gasteiger charge is 2.03. The summed E-state index contributed by atoms with van der Waals surface area (Å²) < 4.78 is 0. The summed E-state index contributed by atoms with van der Waals surface area (Å²) in [4.78, 5) is 20.5. The minimum Gasteiger partial charge on any atom is -0.507 e. The Morgan fingerprint density at radius 2 is 2.19 bits per heavy atom. The van der Waals surface area contributed by atoms with Crippen LogP contribution in [0.2, 0.25) is 0 Å². The van der Waals surface area contributed by atoms with Gasteiger partial charge in [0.05, 0.1) is 18.4 Å². The molecule has 4 heteroatoms. The average Bonchev–Trinajstić information content (AvgIpc) is 2.22. The van der Waals surface area contributed by atoms with Crippen molar-refractivity contribution in [3.05, 3.63) is 29.3 Å². The van der Waals surface area contributed by atoms with Crippen LogP contribution in [0.1, 0.15) is 17.5 Å². The molecule has 0 aliphatic heterocycles. The zero-order chi connectivity index (χ0) is 12.0. The van der Waals surface area contributed by atoms with Crippen molar-refractivity contribution in [2.45, 2.75) is 12.8 Å². The summed E-state index contributed by atoms with van der Waals surface area (Å²) in [5, 5.41) is 18.0. The second-order valence-electron chi connectivity index (χ2n) is 3.09. The summed E-state index contributed by atoms with van der Waals surface area (Å²) in [6.07, 6.45) is 0.621. The minimum absolute atomic E-state index is 0.0208. The van der Waals surface area contributed by atoms with Crippen molar-refractivity contribution in [3.63, 3.8) is 0 Å². The molecule has 0 aromatic heterocycles. The van der Waals surface area contributed by atoms with Gasteiger partial charge in [-0.05, 0) is 17.7 Å². The maximum atomic E-state index is 10.5. The monoisotopic (exact) mass is 218 g/mol. The molecular weight excluding hydrogens is 208 g/mol. The number of carbonyl (C=O) groups is 2. The Labute approximate surface area is 92.5 Å². The van der Waals surface area contributed by atoms with Crippen molar-refractivity contribution in [3.8, 4) is 17.6 Å². The molecule has 1 aromatic carbocycles. The topological polar surface area (TPSA) is 74.6 Å². The summed E-state index contributed by atoms with van der Waals surface area (Å²) in [6, 6.07) is 4.42. The van der Waals surface area contributed by atoms with Crippen molar-refractivity contribution in [2.24, 2.45) is 0 Å². The number of carboxylic acid groups (broad SMARTS) is 1. The molecule has 2 N–H and O–H groups in total. The summed E-state index contributed by atoms with van der Waals surface area (Å²) >= 11 is 0. The second-order valence-corrected chi connectivity index (χ2v) is 3.09. The molecule has 0 aliphatic rings. The number of aliphatic carboxylic acids is 1. The van der Waals surface area contributed by atoms with Crippen LogP contribution in [0.4, 0.5) is 0 Å². The van der Waals surface area contributed by atoms with Gasteiger partial charge in [-0.15, -0.1) is 0 Å². The van der Waals surface area contributed by atoms with Gasteiger partial charge in [0.15, 0.2) is 0 Å². The molecule has 4 nitrogen and oxygen atoms in total. The Hall–Kier alpha value is -2.28. The highest BCUT2D eigenvalue weighted by atomic mass is 16.4. The predicted molar refractivity (Wildman–Crippen MR) is 57.0 cm³/mol. The Balaban J connectivity index is 2.95. The van der Waals surface area contributed by atoms with Crippen LogP contribution in [0, 0.1) is 11.8 Å². The molecule has 1 rings (SSSR count).